The number of rotatable bonds is 3. The van der Waals surface area contributed by atoms with Gasteiger partial charge < -0.3 is 9.80 Å². The van der Waals surface area contributed by atoms with E-state index < -0.39 is 0 Å². The number of benzene rings is 1. The molecule has 0 aliphatic carbocycles. The number of piperidine rings is 1. The van der Waals surface area contributed by atoms with E-state index in [4.69, 9.17) is 4.98 Å². The van der Waals surface area contributed by atoms with Crippen LogP contribution in [0.15, 0.2) is 42.6 Å². The molecule has 1 aliphatic rings. The van der Waals surface area contributed by atoms with Gasteiger partial charge in [-0.3, -0.25) is 0 Å². The zero-order valence-corrected chi connectivity index (χ0v) is 12.7. The minimum Gasteiger partial charge on any atom is -0.356 e. The average Bonchev–Trinajstić information content (AvgIpc) is 2.55. The third-order valence-corrected chi connectivity index (χ3v) is 4.05. The molecule has 0 radical (unpaired) electrons. The van der Waals surface area contributed by atoms with Crippen LogP contribution in [0.3, 0.4) is 0 Å². The van der Waals surface area contributed by atoms with Gasteiger partial charge in [-0.25, -0.2) is 4.98 Å². The summed E-state index contributed by atoms with van der Waals surface area (Å²) in [5.41, 5.74) is 1.10. The van der Waals surface area contributed by atoms with Gasteiger partial charge in [-0.05, 0) is 37.0 Å². The summed E-state index contributed by atoms with van der Waals surface area (Å²) in [4.78, 5) is 13.6. The van der Waals surface area contributed by atoms with E-state index in [2.05, 4.69) is 28.9 Å². The number of hydrogen-bond acceptors (Lipinski definition) is 4. The lowest BCUT2D eigenvalue weighted by molar-refractivity contribution is 0.444. The quantitative estimate of drug-likeness (QED) is 0.862. The van der Waals surface area contributed by atoms with Crippen molar-refractivity contribution in [2.24, 2.45) is 5.92 Å². The molecule has 1 aliphatic heterocycles. The van der Waals surface area contributed by atoms with E-state index in [0.29, 0.717) is 0 Å². The van der Waals surface area contributed by atoms with E-state index in [0.717, 1.165) is 36.5 Å². The van der Waals surface area contributed by atoms with Gasteiger partial charge in [-0.1, -0.05) is 25.1 Å². The second-order valence-electron chi connectivity index (χ2n) is 5.80. The van der Waals surface area contributed by atoms with Gasteiger partial charge in [0, 0.05) is 32.0 Å². The molecule has 3 rings (SSSR count). The van der Waals surface area contributed by atoms with Gasteiger partial charge in [0.05, 0.1) is 0 Å². The standard InChI is InChI=1S/C17H22N4/c1-14-7-6-12-21(13-14)16-10-11-18-17(19-16)20(2)15-8-4-3-5-9-15/h3-5,8-11,14H,6-7,12-13H2,1-2H3. The van der Waals surface area contributed by atoms with Crippen molar-refractivity contribution in [2.45, 2.75) is 19.8 Å². The maximum Gasteiger partial charge on any atom is 0.231 e. The van der Waals surface area contributed by atoms with Gasteiger partial charge >= 0.3 is 0 Å². The van der Waals surface area contributed by atoms with Crippen molar-refractivity contribution in [3.8, 4) is 0 Å². The first-order chi connectivity index (χ1) is 10.2. The Balaban J connectivity index is 1.83. The van der Waals surface area contributed by atoms with Crippen LogP contribution >= 0.6 is 0 Å². The lowest BCUT2D eigenvalue weighted by Gasteiger charge is -2.32. The molecule has 21 heavy (non-hydrogen) atoms. The van der Waals surface area contributed by atoms with Gasteiger partial charge in [0.2, 0.25) is 5.95 Å². The third-order valence-electron chi connectivity index (χ3n) is 4.05. The van der Waals surface area contributed by atoms with Crippen LogP contribution in [0.2, 0.25) is 0 Å². The molecule has 0 amide bonds. The summed E-state index contributed by atoms with van der Waals surface area (Å²) in [5, 5.41) is 0. The van der Waals surface area contributed by atoms with E-state index in [9.17, 15) is 0 Å². The summed E-state index contributed by atoms with van der Waals surface area (Å²) < 4.78 is 0. The second-order valence-corrected chi connectivity index (χ2v) is 5.80. The first-order valence-corrected chi connectivity index (χ1v) is 7.61. The van der Waals surface area contributed by atoms with Crippen LogP contribution < -0.4 is 9.80 Å². The maximum absolute atomic E-state index is 4.75. The fourth-order valence-electron chi connectivity index (χ4n) is 2.84. The molecule has 4 heteroatoms. The summed E-state index contributed by atoms with van der Waals surface area (Å²) in [5.74, 6) is 2.52. The minimum atomic E-state index is 0.740. The molecule has 1 atom stereocenters. The van der Waals surface area contributed by atoms with E-state index in [1.54, 1.807) is 0 Å². The van der Waals surface area contributed by atoms with Crippen LogP contribution in [0.4, 0.5) is 17.5 Å². The molecule has 4 nitrogen and oxygen atoms in total. The molecule has 1 aromatic carbocycles. The highest BCUT2D eigenvalue weighted by Gasteiger charge is 2.18. The van der Waals surface area contributed by atoms with Gasteiger partial charge in [0.15, 0.2) is 0 Å². The Morgan fingerprint density at radius 3 is 2.76 bits per heavy atom. The molecule has 1 saturated heterocycles. The van der Waals surface area contributed by atoms with Crippen LogP contribution in [0.5, 0.6) is 0 Å². The fraction of sp³-hybridized carbons (Fsp3) is 0.412. The molecule has 0 saturated carbocycles. The first-order valence-electron chi connectivity index (χ1n) is 7.61. The van der Waals surface area contributed by atoms with Gasteiger partial charge in [-0.15, -0.1) is 0 Å². The summed E-state index contributed by atoms with van der Waals surface area (Å²) in [6.07, 6.45) is 4.42. The van der Waals surface area contributed by atoms with Crippen molar-refractivity contribution in [1.29, 1.82) is 0 Å². The number of hydrogen-bond donors (Lipinski definition) is 0. The van der Waals surface area contributed by atoms with Gasteiger partial charge in [0.25, 0.3) is 0 Å². The molecule has 0 N–H and O–H groups in total. The van der Waals surface area contributed by atoms with Crippen molar-refractivity contribution < 1.29 is 0 Å². The molecule has 2 heterocycles. The molecular formula is C17H22N4. The highest BCUT2D eigenvalue weighted by molar-refractivity contribution is 5.57. The summed E-state index contributed by atoms with van der Waals surface area (Å²) in [6, 6.07) is 12.2. The highest BCUT2D eigenvalue weighted by atomic mass is 15.3. The van der Waals surface area contributed by atoms with Crippen LogP contribution in [-0.4, -0.2) is 30.1 Å². The molecule has 1 fully saturated rings. The predicted molar refractivity (Wildman–Crippen MR) is 87.1 cm³/mol. The summed E-state index contributed by atoms with van der Waals surface area (Å²) >= 11 is 0. The third kappa shape index (κ3) is 3.15. The summed E-state index contributed by atoms with van der Waals surface area (Å²) in [7, 11) is 2.01. The Kier molecular flexibility index (Phi) is 4.04. The lowest BCUT2D eigenvalue weighted by atomic mass is 10.0. The Bertz CT molecular complexity index is 584. The molecule has 0 bridgehead atoms. The fourth-order valence-corrected chi connectivity index (χ4v) is 2.84. The SMILES string of the molecule is CC1CCCN(c2ccnc(N(C)c3ccccc3)n2)C1. The van der Waals surface area contributed by atoms with Crippen molar-refractivity contribution >= 4 is 17.5 Å². The Labute approximate surface area is 126 Å². The monoisotopic (exact) mass is 282 g/mol. The molecule has 0 spiro atoms. The highest BCUT2D eigenvalue weighted by Crippen LogP contribution is 2.24. The van der Waals surface area contributed by atoms with Crippen molar-refractivity contribution in [1.82, 2.24) is 9.97 Å². The number of nitrogens with zero attached hydrogens (tertiary/aromatic N) is 4. The first kappa shape index (κ1) is 13.9. The molecule has 1 unspecified atom stereocenters. The molecular weight excluding hydrogens is 260 g/mol. The predicted octanol–water partition coefficient (Wildman–Crippen LogP) is 3.48. The van der Waals surface area contributed by atoms with E-state index in [1.165, 1.54) is 12.8 Å². The molecule has 2 aromatic rings. The second kappa shape index (κ2) is 6.12. The Morgan fingerprint density at radius 2 is 2.00 bits per heavy atom. The van der Waals surface area contributed by atoms with Crippen LogP contribution in [0.25, 0.3) is 0 Å². The molecule has 1 aromatic heterocycles. The van der Waals surface area contributed by atoms with E-state index in [-0.39, 0.29) is 0 Å². The minimum absolute atomic E-state index is 0.740. The smallest absolute Gasteiger partial charge is 0.231 e. The zero-order chi connectivity index (χ0) is 14.7. The Hall–Kier alpha value is -2.10. The van der Waals surface area contributed by atoms with E-state index in [1.807, 2.05) is 42.4 Å². The summed E-state index contributed by atoms with van der Waals surface area (Å²) in [6.45, 7) is 4.49. The number of anilines is 3. The topological polar surface area (TPSA) is 32.3 Å². The van der Waals surface area contributed by atoms with Crippen LogP contribution in [0.1, 0.15) is 19.8 Å². The number of aromatic nitrogens is 2. The van der Waals surface area contributed by atoms with Gasteiger partial charge in [-0.2, -0.15) is 4.98 Å². The largest absolute Gasteiger partial charge is 0.356 e. The Morgan fingerprint density at radius 1 is 1.19 bits per heavy atom. The maximum atomic E-state index is 4.75. The normalized spacial score (nSPS) is 18.6. The van der Waals surface area contributed by atoms with Crippen molar-refractivity contribution in [3.05, 3.63) is 42.6 Å². The van der Waals surface area contributed by atoms with Crippen LogP contribution in [0, 0.1) is 5.92 Å². The van der Waals surface area contributed by atoms with E-state index >= 15 is 0 Å². The van der Waals surface area contributed by atoms with Gasteiger partial charge in [0.1, 0.15) is 5.82 Å². The van der Waals surface area contributed by atoms with Crippen molar-refractivity contribution in [2.75, 3.05) is 29.9 Å². The van der Waals surface area contributed by atoms with Crippen molar-refractivity contribution in [3.63, 3.8) is 0 Å². The zero-order valence-electron chi connectivity index (χ0n) is 12.7. The lowest BCUT2D eigenvalue weighted by Crippen LogP contribution is -2.35. The number of para-hydroxylation sites is 1. The van der Waals surface area contributed by atoms with Crippen LogP contribution in [-0.2, 0) is 0 Å². The molecule has 110 valence electrons. The average molecular weight is 282 g/mol.